The van der Waals surface area contributed by atoms with Crippen LogP contribution in [0.2, 0.25) is 0 Å². The van der Waals surface area contributed by atoms with Crippen molar-refractivity contribution in [1.82, 2.24) is 10.3 Å². The van der Waals surface area contributed by atoms with Gasteiger partial charge in [0.2, 0.25) is 5.91 Å². The van der Waals surface area contributed by atoms with Gasteiger partial charge in [-0.3, -0.25) is 14.6 Å². The third-order valence-corrected chi connectivity index (χ3v) is 5.77. The molecule has 0 radical (unpaired) electrons. The zero-order valence-corrected chi connectivity index (χ0v) is 19.8. The zero-order valence-electron chi connectivity index (χ0n) is 19.8. The minimum Gasteiger partial charge on any atom is -0.381 e. The van der Waals surface area contributed by atoms with Crippen molar-refractivity contribution in [2.75, 3.05) is 35.7 Å². The van der Waals surface area contributed by atoms with Crippen LogP contribution in [0.3, 0.4) is 0 Å². The summed E-state index contributed by atoms with van der Waals surface area (Å²) in [6, 6.07) is 18.7. The zero-order chi connectivity index (χ0) is 25.2. The summed E-state index contributed by atoms with van der Waals surface area (Å²) in [6.07, 6.45) is 3.70. The molecular weight excluding hydrogens is 458 g/mol. The van der Waals surface area contributed by atoms with Crippen molar-refractivity contribution in [2.24, 2.45) is 5.92 Å². The van der Waals surface area contributed by atoms with E-state index in [1.807, 2.05) is 6.07 Å². The molecule has 2 aromatic carbocycles. The first kappa shape index (κ1) is 24.9. The largest absolute Gasteiger partial charge is 0.381 e. The standard InChI is InChI=1S/C27H29N5O4/c33-25(17-22-4-1-2-13-28-22)30-23-5-3-6-24(16-23)31-26(34)20-7-9-21(10-8-20)32-27(35)29-18-19-11-14-36-15-12-19/h1-10,13,16,19H,11-12,14-15,17-18H2,(H,30,33)(H,31,34)(H2,29,32,35). The van der Waals surface area contributed by atoms with Gasteiger partial charge < -0.3 is 26.0 Å². The van der Waals surface area contributed by atoms with E-state index >= 15 is 0 Å². The number of nitrogens with zero attached hydrogens (tertiary/aromatic N) is 1. The van der Waals surface area contributed by atoms with Gasteiger partial charge in [0.15, 0.2) is 0 Å². The molecule has 1 saturated heterocycles. The van der Waals surface area contributed by atoms with Gasteiger partial charge in [0.25, 0.3) is 5.91 Å². The molecule has 1 aromatic heterocycles. The number of carbonyl (C=O) groups excluding carboxylic acids is 3. The molecule has 9 heteroatoms. The van der Waals surface area contributed by atoms with E-state index in [1.165, 1.54) is 0 Å². The van der Waals surface area contributed by atoms with Crippen LogP contribution in [0.5, 0.6) is 0 Å². The van der Waals surface area contributed by atoms with Crippen LogP contribution in [0.25, 0.3) is 0 Å². The van der Waals surface area contributed by atoms with Crippen LogP contribution in [0.4, 0.5) is 21.9 Å². The fourth-order valence-corrected chi connectivity index (χ4v) is 3.82. The summed E-state index contributed by atoms with van der Waals surface area (Å²) < 4.78 is 5.33. The van der Waals surface area contributed by atoms with Crippen molar-refractivity contribution in [3.05, 3.63) is 84.2 Å². The Morgan fingerprint density at radius 1 is 0.833 bits per heavy atom. The molecule has 4 N–H and O–H groups in total. The molecule has 36 heavy (non-hydrogen) atoms. The number of hydrogen-bond acceptors (Lipinski definition) is 5. The fraction of sp³-hybridized carbons (Fsp3) is 0.259. The summed E-state index contributed by atoms with van der Waals surface area (Å²) in [7, 11) is 0. The molecule has 1 aliphatic rings. The van der Waals surface area contributed by atoms with E-state index in [0.717, 1.165) is 26.1 Å². The molecule has 2 heterocycles. The fourth-order valence-electron chi connectivity index (χ4n) is 3.82. The molecule has 0 saturated carbocycles. The summed E-state index contributed by atoms with van der Waals surface area (Å²) in [4.78, 5) is 41.3. The number of hydrogen-bond donors (Lipinski definition) is 4. The Morgan fingerprint density at radius 3 is 2.31 bits per heavy atom. The van der Waals surface area contributed by atoms with Crippen molar-refractivity contribution in [3.63, 3.8) is 0 Å². The van der Waals surface area contributed by atoms with E-state index < -0.39 is 0 Å². The lowest BCUT2D eigenvalue weighted by atomic mass is 10.0. The molecule has 0 unspecified atom stereocenters. The Bertz CT molecular complexity index is 1180. The molecular formula is C27H29N5O4. The number of anilines is 3. The molecule has 3 aromatic rings. The summed E-state index contributed by atoms with van der Waals surface area (Å²) in [6.45, 7) is 2.09. The number of benzene rings is 2. The number of nitrogens with one attached hydrogen (secondary N) is 4. The number of rotatable bonds is 8. The second-order valence-electron chi connectivity index (χ2n) is 8.55. The van der Waals surface area contributed by atoms with Crippen LogP contribution >= 0.6 is 0 Å². The highest BCUT2D eigenvalue weighted by molar-refractivity contribution is 6.05. The number of ether oxygens (including phenoxy) is 1. The average molecular weight is 488 g/mol. The molecule has 1 aliphatic heterocycles. The maximum absolute atomic E-state index is 12.7. The molecule has 4 amide bonds. The summed E-state index contributed by atoms with van der Waals surface area (Å²) in [5, 5.41) is 11.3. The maximum atomic E-state index is 12.7. The van der Waals surface area contributed by atoms with E-state index in [0.29, 0.717) is 40.8 Å². The van der Waals surface area contributed by atoms with Crippen LogP contribution in [-0.4, -0.2) is 42.6 Å². The number of pyridine rings is 1. The van der Waals surface area contributed by atoms with Crippen molar-refractivity contribution in [2.45, 2.75) is 19.3 Å². The smallest absolute Gasteiger partial charge is 0.319 e. The van der Waals surface area contributed by atoms with E-state index in [-0.39, 0.29) is 24.3 Å². The third kappa shape index (κ3) is 7.64. The molecule has 0 bridgehead atoms. The predicted octanol–water partition coefficient (Wildman–Crippen LogP) is 4.06. The van der Waals surface area contributed by atoms with E-state index in [4.69, 9.17) is 4.74 Å². The topological polar surface area (TPSA) is 121 Å². The number of aromatic nitrogens is 1. The Hall–Kier alpha value is -4.24. The van der Waals surface area contributed by atoms with Crippen molar-refractivity contribution in [3.8, 4) is 0 Å². The van der Waals surface area contributed by atoms with Gasteiger partial charge in [0.05, 0.1) is 6.42 Å². The van der Waals surface area contributed by atoms with Gasteiger partial charge in [0.1, 0.15) is 0 Å². The van der Waals surface area contributed by atoms with E-state index in [1.54, 1.807) is 66.9 Å². The molecule has 186 valence electrons. The first-order valence-corrected chi connectivity index (χ1v) is 11.9. The van der Waals surface area contributed by atoms with Gasteiger partial charge in [-0.15, -0.1) is 0 Å². The molecule has 0 spiro atoms. The van der Waals surface area contributed by atoms with Crippen LogP contribution in [-0.2, 0) is 16.0 Å². The highest BCUT2D eigenvalue weighted by atomic mass is 16.5. The first-order valence-electron chi connectivity index (χ1n) is 11.9. The van der Waals surface area contributed by atoms with E-state index in [9.17, 15) is 14.4 Å². The monoisotopic (exact) mass is 487 g/mol. The van der Waals surface area contributed by atoms with Crippen LogP contribution in [0, 0.1) is 5.92 Å². The second kappa shape index (κ2) is 12.5. The van der Waals surface area contributed by atoms with Gasteiger partial charge in [-0.05, 0) is 73.4 Å². The minimum atomic E-state index is -0.303. The maximum Gasteiger partial charge on any atom is 0.319 e. The Labute approximate surface area is 209 Å². The minimum absolute atomic E-state index is 0.158. The van der Waals surface area contributed by atoms with E-state index in [2.05, 4.69) is 26.3 Å². The number of amides is 4. The molecule has 9 nitrogen and oxygen atoms in total. The lowest BCUT2D eigenvalue weighted by Crippen LogP contribution is -2.35. The third-order valence-electron chi connectivity index (χ3n) is 5.77. The molecule has 0 aliphatic carbocycles. The number of carbonyl (C=O) groups is 3. The van der Waals surface area contributed by atoms with Gasteiger partial charge in [-0.2, -0.15) is 0 Å². The first-order chi connectivity index (χ1) is 17.5. The lowest BCUT2D eigenvalue weighted by molar-refractivity contribution is -0.115. The normalized spacial score (nSPS) is 13.4. The Kier molecular flexibility index (Phi) is 8.61. The Morgan fingerprint density at radius 2 is 1.58 bits per heavy atom. The number of urea groups is 1. The van der Waals surface area contributed by atoms with Gasteiger partial charge in [0, 0.05) is 54.3 Å². The summed E-state index contributed by atoms with van der Waals surface area (Å²) in [5.41, 5.74) is 2.82. The van der Waals surface area contributed by atoms with Crippen LogP contribution < -0.4 is 21.3 Å². The average Bonchev–Trinajstić information content (AvgIpc) is 2.89. The van der Waals surface area contributed by atoms with Crippen LogP contribution in [0.1, 0.15) is 28.9 Å². The van der Waals surface area contributed by atoms with Gasteiger partial charge in [-0.25, -0.2) is 4.79 Å². The predicted molar refractivity (Wildman–Crippen MR) is 138 cm³/mol. The SMILES string of the molecule is O=C(Cc1ccccn1)Nc1cccc(NC(=O)c2ccc(NC(=O)NCC3CCOCC3)cc2)c1. The molecule has 0 atom stereocenters. The van der Waals surface area contributed by atoms with Gasteiger partial charge >= 0.3 is 6.03 Å². The summed E-state index contributed by atoms with van der Waals surface area (Å²) >= 11 is 0. The lowest BCUT2D eigenvalue weighted by Gasteiger charge is -2.22. The van der Waals surface area contributed by atoms with Crippen molar-refractivity contribution < 1.29 is 19.1 Å². The highest BCUT2D eigenvalue weighted by Crippen LogP contribution is 2.18. The van der Waals surface area contributed by atoms with Crippen LogP contribution in [0.15, 0.2) is 72.9 Å². The quantitative estimate of drug-likeness (QED) is 0.382. The summed E-state index contributed by atoms with van der Waals surface area (Å²) in [5.74, 6) is -0.0668. The Balaban J connectivity index is 1.26. The second-order valence-corrected chi connectivity index (χ2v) is 8.55. The van der Waals surface area contributed by atoms with Gasteiger partial charge in [-0.1, -0.05) is 12.1 Å². The molecule has 4 rings (SSSR count). The van der Waals surface area contributed by atoms with Crippen molar-refractivity contribution in [1.29, 1.82) is 0 Å². The highest BCUT2D eigenvalue weighted by Gasteiger charge is 2.15. The molecule has 1 fully saturated rings. The van der Waals surface area contributed by atoms with Crippen molar-refractivity contribution >= 4 is 34.9 Å².